The Bertz CT molecular complexity index is 343. The summed E-state index contributed by atoms with van der Waals surface area (Å²) in [5.41, 5.74) is 0.336. The van der Waals surface area contributed by atoms with Crippen LogP contribution in [0, 0.1) is 22.7 Å². The lowest BCUT2D eigenvalue weighted by Gasteiger charge is -2.56. The van der Waals surface area contributed by atoms with E-state index in [1.54, 1.807) is 0 Å². The Morgan fingerprint density at radius 2 is 1.94 bits per heavy atom. The molecule has 0 spiro atoms. The number of aliphatic hydroxyl groups is 1. The van der Waals surface area contributed by atoms with Gasteiger partial charge in [-0.1, -0.05) is 32.9 Å². The molecule has 0 amide bonds. The van der Waals surface area contributed by atoms with Gasteiger partial charge in [-0.05, 0) is 54.8 Å². The molecule has 0 heterocycles. The summed E-state index contributed by atoms with van der Waals surface area (Å²) in [5, 5.41) is 10.9. The second-order valence-corrected chi connectivity index (χ2v) is 7.53. The molecular weight excluding hydrogens is 196 g/mol. The summed E-state index contributed by atoms with van der Waals surface area (Å²) < 4.78 is 0. The molecule has 16 heavy (non-hydrogen) atoms. The maximum absolute atomic E-state index is 10.9. The fourth-order valence-electron chi connectivity index (χ4n) is 4.67. The van der Waals surface area contributed by atoms with Crippen molar-refractivity contribution in [2.75, 3.05) is 0 Å². The van der Waals surface area contributed by atoms with E-state index in [0.717, 1.165) is 18.8 Å². The molecule has 0 aromatic carbocycles. The molecule has 1 nitrogen and oxygen atoms in total. The van der Waals surface area contributed by atoms with E-state index >= 15 is 0 Å². The quantitative estimate of drug-likeness (QED) is 0.619. The van der Waals surface area contributed by atoms with Crippen LogP contribution in [0.5, 0.6) is 0 Å². The molecule has 0 aromatic heterocycles. The highest BCUT2D eigenvalue weighted by Crippen LogP contribution is 2.63. The van der Waals surface area contributed by atoms with Crippen LogP contribution in [0.3, 0.4) is 0 Å². The highest BCUT2D eigenvalue weighted by atomic mass is 16.3. The van der Waals surface area contributed by atoms with Gasteiger partial charge < -0.3 is 5.11 Å². The molecule has 1 N–H and O–H groups in total. The van der Waals surface area contributed by atoms with Gasteiger partial charge in [-0.25, -0.2) is 0 Å². The summed E-state index contributed by atoms with van der Waals surface area (Å²) in [6.07, 6.45) is 10.3. The Labute approximate surface area is 98.9 Å². The van der Waals surface area contributed by atoms with E-state index in [0.29, 0.717) is 16.7 Å². The van der Waals surface area contributed by atoms with Gasteiger partial charge in [0, 0.05) is 0 Å². The molecule has 3 aliphatic carbocycles. The van der Waals surface area contributed by atoms with Crippen molar-refractivity contribution < 1.29 is 5.11 Å². The molecule has 0 unspecified atom stereocenters. The molecule has 0 aliphatic heterocycles. The normalized spacial score (nSPS) is 53.8. The van der Waals surface area contributed by atoms with Crippen molar-refractivity contribution in [2.24, 2.45) is 22.7 Å². The maximum Gasteiger partial charge on any atom is 0.0864 e. The fourth-order valence-corrected chi connectivity index (χ4v) is 4.67. The first kappa shape index (κ1) is 10.8. The van der Waals surface area contributed by atoms with Crippen LogP contribution in [0.25, 0.3) is 0 Å². The maximum atomic E-state index is 10.9. The first-order chi connectivity index (χ1) is 7.35. The summed E-state index contributed by atoms with van der Waals surface area (Å²) in [6, 6.07) is 0. The molecule has 0 radical (unpaired) electrons. The summed E-state index contributed by atoms with van der Waals surface area (Å²) >= 11 is 0. The van der Waals surface area contributed by atoms with Crippen LogP contribution in [0.1, 0.15) is 52.9 Å². The summed E-state index contributed by atoms with van der Waals surface area (Å²) in [7, 11) is 0. The van der Waals surface area contributed by atoms with Gasteiger partial charge in [0.1, 0.15) is 0 Å². The lowest BCUT2D eigenvalue weighted by molar-refractivity contribution is -0.124. The Hall–Kier alpha value is -0.300. The van der Waals surface area contributed by atoms with E-state index in [2.05, 4.69) is 32.9 Å². The Balaban J connectivity index is 1.97. The van der Waals surface area contributed by atoms with Gasteiger partial charge in [-0.15, -0.1) is 0 Å². The predicted octanol–water partition coefficient (Wildman–Crippen LogP) is 3.53. The van der Waals surface area contributed by atoms with Crippen LogP contribution in [0.15, 0.2) is 12.2 Å². The molecule has 90 valence electrons. The molecule has 3 rings (SSSR count). The van der Waals surface area contributed by atoms with Gasteiger partial charge in [0.25, 0.3) is 0 Å². The average Bonchev–Trinajstić information content (AvgIpc) is 2.19. The van der Waals surface area contributed by atoms with Crippen molar-refractivity contribution in [2.45, 2.75) is 58.5 Å². The van der Waals surface area contributed by atoms with Crippen molar-refractivity contribution >= 4 is 0 Å². The highest BCUT2D eigenvalue weighted by molar-refractivity contribution is 5.19. The van der Waals surface area contributed by atoms with E-state index in [1.807, 2.05) is 0 Å². The van der Waals surface area contributed by atoms with E-state index in [9.17, 15) is 5.11 Å². The Morgan fingerprint density at radius 3 is 2.62 bits per heavy atom. The smallest absolute Gasteiger partial charge is 0.0864 e. The van der Waals surface area contributed by atoms with Crippen LogP contribution in [-0.4, -0.2) is 10.7 Å². The monoisotopic (exact) mass is 220 g/mol. The van der Waals surface area contributed by atoms with Gasteiger partial charge in [-0.3, -0.25) is 0 Å². The lowest BCUT2D eigenvalue weighted by Crippen LogP contribution is -2.54. The summed E-state index contributed by atoms with van der Waals surface area (Å²) in [6.45, 7) is 7.11. The Morgan fingerprint density at radius 1 is 1.19 bits per heavy atom. The predicted molar refractivity (Wildman–Crippen MR) is 66.0 cm³/mol. The third-order valence-electron chi connectivity index (χ3n) is 5.66. The summed E-state index contributed by atoms with van der Waals surface area (Å²) in [4.78, 5) is 0. The SMILES string of the molecule is CC1(C)C[C@H]2[C@@H]1CC[C@]1(C)CC=C[C@]2(O)C1. The van der Waals surface area contributed by atoms with Crippen LogP contribution in [-0.2, 0) is 0 Å². The van der Waals surface area contributed by atoms with E-state index in [-0.39, 0.29) is 0 Å². The molecule has 2 bridgehead atoms. The number of rotatable bonds is 0. The molecule has 4 atom stereocenters. The number of fused-ring (bicyclic) bond motifs is 4. The minimum atomic E-state index is -0.482. The van der Waals surface area contributed by atoms with Gasteiger partial charge in [0.15, 0.2) is 0 Å². The molecule has 3 aliphatic rings. The largest absolute Gasteiger partial charge is 0.385 e. The van der Waals surface area contributed by atoms with Crippen molar-refractivity contribution in [3.05, 3.63) is 12.2 Å². The van der Waals surface area contributed by atoms with Crippen molar-refractivity contribution in [1.82, 2.24) is 0 Å². The standard InChI is InChI=1S/C15H24O/c1-13(2)9-12-11(13)5-8-14(3)6-4-7-15(12,16)10-14/h4,7,11-12,16H,5-6,8-10H2,1-3H3/t11-,12-,14-,15-/m0/s1. The number of hydrogen-bond donors (Lipinski definition) is 1. The number of allylic oxidation sites excluding steroid dienone is 1. The first-order valence-electron chi connectivity index (χ1n) is 6.75. The van der Waals surface area contributed by atoms with Gasteiger partial charge >= 0.3 is 0 Å². The zero-order chi connectivity index (χ0) is 11.6. The second kappa shape index (κ2) is 2.93. The molecule has 0 saturated heterocycles. The molecule has 2 saturated carbocycles. The van der Waals surface area contributed by atoms with E-state index in [4.69, 9.17) is 0 Å². The minimum Gasteiger partial charge on any atom is -0.385 e. The molecular formula is C15H24O. The average molecular weight is 220 g/mol. The highest BCUT2D eigenvalue weighted by Gasteiger charge is 2.58. The number of hydrogen-bond acceptors (Lipinski definition) is 1. The zero-order valence-electron chi connectivity index (χ0n) is 10.8. The van der Waals surface area contributed by atoms with Gasteiger partial charge in [0.2, 0.25) is 0 Å². The van der Waals surface area contributed by atoms with Crippen molar-refractivity contribution in [3.8, 4) is 0 Å². The molecule has 1 heteroatoms. The van der Waals surface area contributed by atoms with Crippen LogP contribution in [0.4, 0.5) is 0 Å². The zero-order valence-corrected chi connectivity index (χ0v) is 10.8. The van der Waals surface area contributed by atoms with Gasteiger partial charge in [-0.2, -0.15) is 0 Å². The molecule has 2 fully saturated rings. The van der Waals surface area contributed by atoms with Crippen LogP contribution < -0.4 is 0 Å². The summed E-state index contributed by atoms with van der Waals surface area (Å²) in [5.74, 6) is 1.27. The topological polar surface area (TPSA) is 20.2 Å². The first-order valence-corrected chi connectivity index (χ1v) is 6.75. The Kier molecular flexibility index (Phi) is 1.98. The van der Waals surface area contributed by atoms with Crippen LogP contribution >= 0.6 is 0 Å². The molecule has 0 aromatic rings. The third kappa shape index (κ3) is 1.33. The van der Waals surface area contributed by atoms with Crippen LogP contribution in [0.2, 0.25) is 0 Å². The second-order valence-electron chi connectivity index (χ2n) is 7.53. The van der Waals surface area contributed by atoms with Crippen molar-refractivity contribution in [3.63, 3.8) is 0 Å². The van der Waals surface area contributed by atoms with Gasteiger partial charge in [0.05, 0.1) is 5.60 Å². The van der Waals surface area contributed by atoms with Crippen molar-refractivity contribution in [1.29, 1.82) is 0 Å². The van der Waals surface area contributed by atoms with E-state index < -0.39 is 5.60 Å². The fraction of sp³-hybridized carbons (Fsp3) is 0.867. The van der Waals surface area contributed by atoms with E-state index in [1.165, 1.54) is 19.3 Å². The lowest BCUT2D eigenvalue weighted by atomic mass is 9.50. The minimum absolute atomic E-state index is 0.358. The third-order valence-corrected chi connectivity index (χ3v) is 5.66.